The highest BCUT2D eigenvalue weighted by Crippen LogP contribution is 1.99. The van der Waals surface area contributed by atoms with Gasteiger partial charge in [-0.25, -0.2) is 4.79 Å². The smallest absolute Gasteiger partial charge is 0.319 e. The fourth-order valence-corrected chi connectivity index (χ4v) is 1.25. The van der Waals surface area contributed by atoms with E-state index in [1.165, 1.54) is 4.90 Å². The van der Waals surface area contributed by atoms with E-state index in [-0.39, 0.29) is 18.5 Å². The van der Waals surface area contributed by atoms with Crippen molar-refractivity contribution in [3.05, 3.63) is 0 Å². The minimum Gasteiger partial charge on any atom is -0.354 e. The summed E-state index contributed by atoms with van der Waals surface area (Å²) in [5.41, 5.74) is 0. The molecule has 0 aromatic heterocycles. The van der Waals surface area contributed by atoms with Gasteiger partial charge < -0.3 is 15.1 Å². The lowest BCUT2D eigenvalue weighted by Gasteiger charge is -2.23. The molecule has 0 aromatic rings. The van der Waals surface area contributed by atoms with Crippen molar-refractivity contribution >= 4 is 11.9 Å². The average molecular weight is 185 g/mol. The largest absolute Gasteiger partial charge is 0.354 e. The van der Waals surface area contributed by atoms with E-state index in [0.29, 0.717) is 13.1 Å². The van der Waals surface area contributed by atoms with Crippen molar-refractivity contribution in [2.45, 2.75) is 6.42 Å². The predicted octanol–water partition coefficient (Wildman–Crippen LogP) is -0.510. The van der Waals surface area contributed by atoms with Crippen LogP contribution in [0.15, 0.2) is 0 Å². The molecule has 1 saturated heterocycles. The number of carbonyl (C=O) groups excluding carboxylic acids is 2. The van der Waals surface area contributed by atoms with Crippen LogP contribution in [0.3, 0.4) is 0 Å². The zero-order chi connectivity index (χ0) is 9.84. The molecule has 0 bridgehead atoms. The van der Waals surface area contributed by atoms with Gasteiger partial charge >= 0.3 is 6.03 Å². The van der Waals surface area contributed by atoms with Crippen molar-refractivity contribution in [3.63, 3.8) is 0 Å². The fourth-order valence-electron chi connectivity index (χ4n) is 1.25. The SMILES string of the molecule is CN(C)C(=O)N1CCCNC(=O)C1. The van der Waals surface area contributed by atoms with Gasteiger partial charge in [0.25, 0.3) is 0 Å². The molecule has 0 saturated carbocycles. The Morgan fingerprint density at radius 1 is 1.54 bits per heavy atom. The third-order valence-corrected chi connectivity index (χ3v) is 1.91. The molecule has 1 aliphatic heterocycles. The molecule has 0 radical (unpaired) electrons. The number of nitrogens with one attached hydrogen (secondary N) is 1. The van der Waals surface area contributed by atoms with E-state index in [0.717, 1.165) is 6.42 Å². The van der Waals surface area contributed by atoms with E-state index in [4.69, 9.17) is 0 Å². The number of rotatable bonds is 0. The van der Waals surface area contributed by atoms with Crippen molar-refractivity contribution < 1.29 is 9.59 Å². The van der Waals surface area contributed by atoms with Crippen LogP contribution in [0.1, 0.15) is 6.42 Å². The van der Waals surface area contributed by atoms with Crippen LogP contribution in [0.25, 0.3) is 0 Å². The monoisotopic (exact) mass is 185 g/mol. The van der Waals surface area contributed by atoms with E-state index < -0.39 is 0 Å². The van der Waals surface area contributed by atoms with Crippen LogP contribution in [0.4, 0.5) is 4.79 Å². The van der Waals surface area contributed by atoms with E-state index in [1.807, 2.05) is 0 Å². The first-order valence-electron chi connectivity index (χ1n) is 4.34. The highest BCUT2D eigenvalue weighted by Gasteiger charge is 2.20. The molecule has 1 rings (SSSR count). The highest BCUT2D eigenvalue weighted by atomic mass is 16.2. The first kappa shape index (κ1) is 9.83. The van der Waals surface area contributed by atoms with Gasteiger partial charge in [0.15, 0.2) is 0 Å². The molecule has 74 valence electrons. The fraction of sp³-hybridized carbons (Fsp3) is 0.750. The molecule has 5 nitrogen and oxygen atoms in total. The van der Waals surface area contributed by atoms with Gasteiger partial charge in [0, 0.05) is 27.2 Å². The zero-order valence-electron chi connectivity index (χ0n) is 8.04. The molecular formula is C8H15N3O2. The van der Waals surface area contributed by atoms with Crippen LogP contribution in [0, 0.1) is 0 Å². The normalized spacial score (nSPS) is 17.7. The molecule has 0 spiro atoms. The Hall–Kier alpha value is -1.26. The second-order valence-electron chi connectivity index (χ2n) is 3.30. The van der Waals surface area contributed by atoms with Gasteiger partial charge in [0.1, 0.15) is 6.54 Å². The molecule has 3 amide bonds. The van der Waals surface area contributed by atoms with Gasteiger partial charge in [-0.3, -0.25) is 4.79 Å². The second kappa shape index (κ2) is 4.11. The second-order valence-corrected chi connectivity index (χ2v) is 3.30. The molecule has 1 heterocycles. The molecule has 13 heavy (non-hydrogen) atoms. The molecule has 0 unspecified atom stereocenters. The number of urea groups is 1. The Bertz CT molecular complexity index is 215. The van der Waals surface area contributed by atoms with Gasteiger partial charge in [-0.05, 0) is 6.42 Å². The Morgan fingerprint density at radius 3 is 2.85 bits per heavy atom. The van der Waals surface area contributed by atoms with Crippen molar-refractivity contribution in [2.24, 2.45) is 0 Å². The summed E-state index contributed by atoms with van der Waals surface area (Å²) in [4.78, 5) is 25.6. The summed E-state index contributed by atoms with van der Waals surface area (Å²) in [7, 11) is 3.37. The van der Waals surface area contributed by atoms with Crippen LogP contribution in [0.2, 0.25) is 0 Å². The van der Waals surface area contributed by atoms with Crippen molar-refractivity contribution in [1.29, 1.82) is 0 Å². The number of nitrogens with zero attached hydrogens (tertiary/aromatic N) is 2. The molecule has 1 aliphatic rings. The summed E-state index contributed by atoms with van der Waals surface area (Å²) >= 11 is 0. The van der Waals surface area contributed by atoms with E-state index in [2.05, 4.69) is 5.32 Å². The van der Waals surface area contributed by atoms with Gasteiger partial charge in [-0.2, -0.15) is 0 Å². The van der Waals surface area contributed by atoms with Gasteiger partial charge in [0.05, 0.1) is 0 Å². The maximum Gasteiger partial charge on any atom is 0.319 e. The summed E-state index contributed by atoms with van der Waals surface area (Å²) in [6.45, 7) is 1.49. The topological polar surface area (TPSA) is 52.7 Å². The maximum absolute atomic E-state index is 11.5. The molecule has 5 heteroatoms. The first-order valence-corrected chi connectivity index (χ1v) is 4.34. The Kier molecular flexibility index (Phi) is 3.11. The molecule has 1 fully saturated rings. The summed E-state index contributed by atoms with van der Waals surface area (Å²) in [5.74, 6) is -0.0762. The highest BCUT2D eigenvalue weighted by molar-refractivity contribution is 5.84. The number of hydrogen-bond donors (Lipinski definition) is 1. The van der Waals surface area contributed by atoms with Crippen LogP contribution in [-0.4, -0.2) is 55.5 Å². The lowest BCUT2D eigenvalue weighted by molar-refractivity contribution is -0.121. The molecule has 0 aromatic carbocycles. The van der Waals surface area contributed by atoms with Crippen LogP contribution in [-0.2, 0) is 4.79 Å². The van der Waals surface area contributed by atoms with Crippen molar-refractivity contribution in [2.75, 3.05) is 33.7 Å². The maximum atomic E-state index is 11.5. The van der Waals surface area contributed by atoms with Crippen molar-refractivity contribution in [1.82, 2.24) is 15.1 Å². The molecular weight excluding hydrogens is 170 g/mol. The number of amides is 3. The minimum absolute atomic E-state index is 0.0762. The summed E-state index contributed by atoms with van der Waals surface area (Å²) in [6, 6.07) is -0.1000. The Balaban J connectivity index is 2.57. The number of hydrogen-bond acceptors (Lipinski definition) is 2. The number of carbonyl (C=O) groups is 2. The summed E-state index contributed by atoms with van der Waals surface area (Å²) in [6.07, 6.45) is 0.825. The quantitative estimate of drug-likeness (QED) is 0.552. The van der Waals surface area contributed by atoms with Crippen LogP contribution < -0.4 is 5.32 Å². The standard InChI is InChI=1S/C8H15N3O2/c1-10(2)8(13)11-5-3-4-9-7(12)6-11/h3-6H2,1-2H3,(H,9,12). The van der Waals surface area contributed by atoms with E-state index >= 15 is 0 Å². The summed E-state index contributed by atoms with van der Waals surface area (Å²) in [5, 5.41) is 2.72. The van der Waals surface area contributed by atoms with E-state index in [1.54, 1.807) is 19.0 Å². The van der Waals surface area contributed by atoms with Gasteiger partial charge in [-0.15, -0.1) is 0 Å². The van der Waals surface area contributed by atoms with Gasteiger partial charge in [-0.1, -0.05) is 0 Å². The Morgan fingerprint density at radius 2 is 2.23 bits per heavy atom. The van der Waals surface area contributed by atoms with Crippen LogP contribution in [0.5, 0.6) is 0 Å². The Labute approximate surface area is 77.7 Å². The predicted molar refractivity (Wildman–Crippen MR) is 48.3 cm³/mol. The minimum atomic E-state index is -0.1000. The van der Waals surface area contributed by atoms with Gasteiger partial charge in [0.2, 0.25) is 5.91 Å². The average Bonchev–Trinajstić information content (AvgIpc) is 2.28. The molecule has 0 aliphatic carbocycles. The molecule has 0 atom stereocenters. The molecule has 1 N–H and O–H groups in total. The van der Waals surface area contributed by atoms with E-state index in [9.17, 15) is 9.59 Å². The zero-order valence-corrected chi connectivity index (χ0v) is 8.04. The first-order chi connectivity index (χ1) is 6.11. The summed E-state index contributed by atoms with van der Waals surface area (Å²) < 4.78 is 0. The lowest BCUT2D eigenvalue weighted by Crippen LogP contribution is -2.42. The lowest BCUT2D eigenvalue weighted by atomic mass is 10.4. The third-order valence-electron chi connectivity index (χ3n) is 1.91. The van der Waals surface area contributed by atoms with Crippen LogP contribution >= 0.6 is 0 Å². The van der Waals surface area contributed by atoms with Crippen molar-refractivity contribution in [3.8, 4) is 0 Å². The third kappa shape index (κ3) is 2.61.